The van der Waals surface area contributed by atoms with E-state index in [9.17, 15) is 9.59 Å². The van der Waals surface area contributed by atoms with E-state index in [-0.39, 0.29) is 6.54 Å². The molecule has 0 aliphatic carbocycles. The molecule has 2 amide bonds. The summed E-state index contributed by atoms with van der Waals surface area (Å²) in [6.07, 6.45) is 5.11. The minimum Gasteiger partial charge on any atom is -0.480 e. The lowest BCUT2D eigenvalue weighted by Gasteiger charge is -2.19. The van der Waals surface area contributed by atoms with Crippen molar-refractivity contribution in [3.63, 3.8) is 0 Å². The van der Waals surface area contributed by atoms with Crippen LogP contribution in [-0.4, -0.2) is 35.1 Å². The zero-order valence-electron chi connectivity index (χ0n) is 9.69. The molecule has 1 aromatic carbocycles. The predicted molar refractivity (Wildman–Crippen MR) is 78.9 cm³/mol. The number of nitrogens with one attached hydrogen (secondary N) is 1. The summed E-state index contributed by atoms with van der Waals surface area (Å²) >= 11 is 6.59. The molecule has 100 valence electrons. The van der Waals surface area contributed by atoms with E-state index < -0.39 is 18.5 Å². The summed E-state index contributed by atoms with van der Waals surface area (Å²) in [4.78, 5) is 23.6. The number of terminal acetylenes is 1. The number of para-hydroxylation sites is 1. The van der Waals surface area contributed by atoms with Gasteiger partial charge in [-0.25, -0.2) is 4.79 Å². The SMILES string of the molecule is C#CCN(CC(=O)O)C(=O)Nc1c(Br)cccc1Br. The van der Waals surface area contributed by atoms with Crippen LogP contribution in [0.3, 0.4) is 0 Å². The molecule has 5 nitrogen and oxygen atoms in total. The largest absolute Gasteiger partial charge is 0.480 e. The van der Waals surface area contributed by atoms with Crippen molar-refractivity contribution in [1.82, 2.24) is 4.90 Å². The molecule has 0 aromatic heterocycles. The van der Waals surface area contributed by atoms with Crippen molar-refractivity contribution in [3.8, 4) is 12.3 Å². The van der Waals surface area contributed by atoms with Crippen molar-refractivity contribution in [1.29, 1.82) is 0 Å². The number of hydrogen-bond acceptors (Lipinski definition) is 2. The van der Waals surface area contributed by atoms with Crippen molar-refractivity contribution in [2.24, 2.45) is 0 Å². The van der Waals surface area contributed by atoms with Gasteiger partial charge in [0.2, 0.25) is 0 Å². The molecule has 0 aliphatic heterocycles. The van der Waals surface area contributed by atoms with Gasteiger partial charge in [0.25, 0.3) is 0 Å². The number of aliphatic carboxylic acids is 1. The lowest BCUT2D eigenvalue weighted by Crippen LogP contribution is -2.39. The van der Waals surface area contributed by atoms with Gasteiger partial charge in [0.1, 0.15) is 6.54 Å². The van der Waals surface area contributed by atoms with E-state index in [1.165, 1.54) is 0 Å². The van der Waals surface area contributed by atoms with Crippen LogP contribution in [-0.2, 0) is 4.79 Å². The standard InChI is InChI=1S/C12H10Br2N2O3/c1-2-6-16(7-10(17)18)12(19)15-11-8(13)4-3-5-9(11)14/h1,3-5H,6-7H2,(H,15,19)(H,17,18). The number of rotatable bonds is 4. The number of carboxylic acids is 1. The maximum atomic E-state index is 12.0. The molecule has 7 heteroatoms. The van der Waals surface area contributed by atoms with Crippen molar-refractivity contribution < 1.29 is 14.7 Å². The van der Waals surface area contributed by atoms with Gasteiger partial charge in [-0.2, -0.15) is 0 Å². The number of amides is 2. The Morgan fingerprint density at radius 3 is 2.42 bits per heavy atom. The van der Waals surface area contributed by atoms with Crippen LogP contribution in [0.4, 0.5) is 10.5 Å². The van der Waals surface area contributed by atoms with Gasteiger partial charge >= 0.3 is 12.0 Å². The monoisotopic (exact) mass is 388 g/mol. The molecule has 0 unspecified atom stereocenters. The van der Waals surface area contributed by atoms with E-state index in [0.29, 0.717) is 14.6 Å². The van der Waals surface area contributed by atoms with Crippen molar-refractivity contribution >= 4 is 49.5 Å². The molecular weight excluding hydrogens is 380 g/mol. The normalized spacial score (nSPS) is 9.53. The van der Waals surface area contributed by atoms with Gasteiger partial charge in [-0.1, -0.05) is 12.0 Å². The first kappa shape index (κ1) is 15.5. The first-order chi connectivity index (χ1) is 8.95. The number of benzene rings is 1. The van der Waals surface area contributed by atoms with Crippen LogP contribution < -0.4 is 5.32 Å². The fraction of sp³-hybridized carbons (Fsp3) is 0.167. The molecule has 0 atom stereocenters. The topological polar surface area (TPSA) is 69.6 Å². The fourth-order valence-electron chi connectivity index (χ4n) is 1.28. The van der Waals surface area contributed by atoms with Crippen LogP contribution in [0.25, 0.3) is 0 Å². The molecule has 0 aliphatic rings. The van der Waals surface area contributed by atoms with E-state index in [1.54, 1.807) is 18.2 Å². The van der Waals surface area contributed by atoms with E-state index in [0.717, 1.165) is 4.90 Å². The van der Waals surface area contributed by atoms with Crippen molar-refractivity contribution in [2.45, 2.75) is 0 Å². The lowest BCUT2D eigenvalue weighted by atomic mass is 10.3. The summed E-state index contributed by atoms with van der Waals surface area (Å²) in [5.74, 6) is 1.12. The molecule has 1 aromatic rings. The summed E-state index contributed by atoms with van der Waals surface area (Å²) < 4.78 is 1.34. The van der Waals surface area contributed by atoms with Crippen LogP contribution in [0, 0.1) is 12.3 Å². The average molecular weight is 390 g/mol. The Bertz CT molecular complexity index is 520. The molecule has 0 saturated heterocycles. The zero-order chi connectivity index (χ0) is 14.4. The number of hydrogen-bond donors (Lipinski definition) is 2. The Hall–Kier alpha value is -1.52. The highest BCUT2D eigenvalue weighted by molar-refractivity contribution is 9.11. The van der Waals surface area contributed by atoms with Crippen molar-refractivity contribution in [2.75, 3.05) is 18.4 Å². The van der Waals surface area contributed by atoms with Gasteiger partial charge in [-0.05, 0) is 44.0 Å². The third-order valence-corrected chi connectivity index (χ3v) is 3.41. The van der Waals surface area contributed by atoms with Crippen LogP contribution in [0.15, 0.2) is 27.1 Å². The molecule has 0 saturated carbocycles. The van der Waals surface area contributed by atoms with Gasteiger partial charge in [-0.3, -0.25) is 4.79 Å². The number of carbonyl (C=O) groups is 2. The number of nitrogens with zero attached hydrogens (tertiary/aromatic N) is 1. The van der Waals surface area contributed by atoms with E-state index >= 15 is 0 Å². The Morgan fingerprint density at radius 2 is 1.95 bits per heavy atom. The Morgan fingerprint density at radius 1 is 1.37 bits per heavy atom. The second-order valence-electron chi connectivity index (χ2n) is 3.48. The summed E-state index contributed by atoms with van der Waals surface area (Å²) in [5.41, 5.74) is 0.514. The molecule has 0 bridgehead atoms. The smallest absolute Gasteiger partial charge is 0.323 e. The molecule has 2 N–H and O–H groups in total. The Balaban J connectivity index is 2.87. The lowest BCUT2D eigenvalue weighted by molar-refractivity contribution is -0.137. The highest BCUT2D eigenvalue weighted by Gasteiger charge is 2.17. The predicted octanol–water partition coefficient (Wildman–Crippen LogP) is 2.76. The fourth-order valence-corrected chi connectivity index (χ4v) is 2.47. The third-order valence-electron chi connectivity index (χ3n) is 2.09. The van der Waals surface area contributed by atoms with E-state index in [2.05, 4.69) is 43.1 Å². The number of anilines is 1. The highest BCUT2D eigenvalue weighted by atomic mass is 79.9. The Labute approximate surface area is 127 Å². The highest BCUT2D eigenvalue weighted by Crippen LogP contribution is 2.30. The summed E-state index contributed by atoms with van der Waals surface area (Å²) in [6.45, 7) is -0.543. The first-order valence-electron chi connectivity index (χ1n) is 5.11. The van der Waals surface area contributed by atoms with Crippen molar-refractivity contribution in [3.05, 3.63) is 27.1 Å². The summed E-state index contributed by atoms with van der Waals surface area (Å²) in [6, 6.07) is 4.72. The number of carbonyl (C=O) groups excluding carboxylic acids is 1. The van der Waals surface area contributed by atoms with Gasteiger partial charge in [0.05, 0.1) is 12.2 Å². The first-order valence-corrected chi connectivity index (χ1v) is 6.69. The number of carboxylic acid groups (broad SMARTS) is 1. The van der Waals surface area contributed by atoms with E-state index in [4.69, 9.17) is 11.5 Å². The van der Waals surface area contributed by atoms with E-state index in [1.807, 2.05) is 0 Å². The second-order valence-corrected chi connectivity index (χ2v) is 5.19. The molecular formula is C12H10Br2N2O3. The third kappa shape index (κ3) is 4.58. The summed E-state index contributed by atoms with van der Waals surface area (Å²) in [5, 5.41) is 11.3. The van der Waals surface area contributed by atoms with Gasteiger partial charge in [0, 0.05) is 8.95 Å². The van der Waals surface area contributed by atoms with Crippen LogP contribution >= 0.6 is 31.9 Å². The zero-order valence-corrected chi connectivity index (χ0v) is 12.9. The maximum Gasteiger partial charge on any atom is 0.323 e. The average Bonchev–Trinajstić information content (AvgIpc) is 2.32. The van der Waals surface area contributed by atoms with Crippen LogP contribution in [0.2, 0.25) is 0 Å². The van der Waals surface area contributed by atoms with Gasteiger partial charge < -0.3 is 15.3 Å². The number of halogens is 2. The van der Waals surface area contributed by atoms with Crippen LogP contribution in [0.5, 0.6) is 0 Å². The molecule has 19 heavy (non-hydrogen) atoms. The minimum atomic E-state index is -1.13. The van der Waals surface area contributed by atoms with Gasteiger partial charge in [-0.15, -0.1) is 6.42 Å². The second kappa shape index (κ2) is 7.16. The molecule has 0 spiro atoms. The van der Waals surface area contributed by atoms with Gasteiger partial charge in [0.15, 0.2) is 0 Å². The maximum absolute atomic E-state index is 12.0. The molecule has 0 heterocycles. The quantitative estimate of drug-likeness (QED) is 0.778. The summed E-state index contributed by atoms with van der Waals surface area (Å²) in [7, 11) is 0. The minimum absolute atomic E-state index is 0.0831. The van der Waals surface area contributed by atoms with Crippen LogP contribution in [0.1, 0.15) is 0 Å². The molecule has 0 fully saturated rings. The molecule has 0 radical (unpaired) electrons. The Kier molecular flexibility index (Phi) is 5.86. The number of urea groups is 1. The molecule has 1 rings (SSSR count).